The molecular weight excluding hydrogens is 304 g/mol. The van der Waals surface area contributed by atoms with Crippen molar-refractivity contribution in [2.45, 2.75) is 38.8 Å². The number of aryl methyl sites for hydroxylation is 2. The number of rotatable bonds is 5. The fourth-order valence-electron chi connectivity index (χ4n) is 3.30. The highest BCUT2D eigenvalue weighted by Crippen LogP contribution is 2.21. The molecule has 3 rings (SSSR count). The minimum absolute atomic E-state index is 0.00129. The van der Waals surface area contributed by atoms with Crippen LogP contribution in [0.5, 0.6) is 0 Å². The van der Waals surface area contributed by atoms with Crippen molar-refractivity contribution in [2.24, 2.45) is 7.05 Å². The molecule has 0 saturated carbocycles. The Labute approximate surface area is 142 Å². The highest BCUT2D eigenvalue weighted by Gasteiger charge is 2.30. The van der Waals surface area contributed by atoms with E-state index in [0.717, 1.165) is 31.3 Å². The zero-order chi connectivity index (χ0) is 17.1. The van der Waals surface area contributed by atoms with E-state index in [2.05, 4.69) is 33.7 Å². The lowest BCUT2D eigenvalue weighted by molar-refractivity contribution is -0.135. The summed E-state index contributed by atoms with van der Waals surface area (Å²) in [7, 11) is 1.97. The van der Waals surface area contributed by atoms with Crippen molar-refractivity contribution in [1.29, 1.82) is 0 Å². The highest BCUT2D eigenvalue weighted by molar-refractivity contribution is 5.76. The number of hydrogen-bond donors (Lipinski definition) is 1. The van der Waals surface area contributed by atoms with E-state index >= 15 is 0 Å². The third-order valence-corrected chi connectivity index (χ3v) is 4.55. The molecule has 24 heavy (non-hydrogen) atoms. The molecule has 2 aromatic heterocycles. The molecule has 2 aromatic rings. The van der Waals surface area contributed by atoms with E-state index in [1.54, 1.807) is 12.4 Å². The Morgan fingerprint density at radius 1 is 1.33 bits per heavy atom. The fraction of sp³-hybridized carbons (Fsp3) is 0.588. The van der Waals surface area contributed by atoms with Crippen LogP contribution in [0.1, 0.15) is 43.9 Å². The van der Waals surface area contributed by atoms with Gasteiger partial charge in [-0.05, 0) is 0 Å². The number of imidazole rings is 2. The molecule has 1 unspecified atom stereocenters. The number of aromatic nitrogens is 4. The Morgan fingerprint density at radius 3 is 2.83 bits per heavy atom. The number of hydrogen-bond acceptors (Lipinski definition) is 4. The smallest absolute Gasteiger partial charge is 0.225 e. The quantitative estimate of drug-likeness (QED) is 0.897. The summed E-state index contributed by atoms with van der Waals surface area (Å²) in [6.07, 6.45) is 7.95. The van der Waals surface area contributed by atoms with Crippen LogP contribution in [0, 0.1) is 0 Å². The van der Waals surface area contributed by atoms with Gasteiger partial charge in [-0.25, -0.2) is 9.97 Å². The molecule has 1 saturated heterocycles. The van der Waals surface area contributed by atoms with Crippen molar-refractivity contribution in [3.05, 3.63) is 36.4 Å². The van der Waals surface area contributed by atoms with Crippen LogP contribution in [0.4, 0.5) is 0 Å². The highest BCUT2D eigenvalue weighted by atomic mass is 16.2. The molecule has 0 aliphatic carbocycles. The number of carbonyl (C=O) groups excluding carboxylic acids is 1. The van der Waals surface area contributed by atoms with Gasteiger partial charge in [-0.15, -0.1) is 0 Å². The zero-order valence-electron chi connectivity index (χ0n) is 14.6. The van der Waals surface area contributed by atoms with Crippen molar-refractivity contribution in [3.8, 4) is 0 Å². The summed E-state index contributed by atoms with van der Waals surface area (Å²) in [4.78, 5) is 23.6. The predicted molar refractivity (Wildman–Crippen MR) is 91.5 cm³/mol. The van der Waals surface area contributed by atoms with E-state index in [1.807, 2.05) is 28.9 Å². The standard InChI is InChI=1S/C17H26N6O/c1-13(2)16-19-7-10-22(16)8-4-15(24)23-11-5-18-12-14(23)17-20-6-9-21(17)3/h6-7,9-10,13-14,18H,4-5,8,11-12H2,1-3H3. The molecule has 1 amide bonds. The van der Waals surface area contributed by atoms with Crippen LogP contribution in [0.15, 0.2) is 24.8 Å². The van der Waals surface area contributed by atoms with Gasteiger partial charge in [0.1, 0.15) is 17.7 Å². The van der Waals surface area contributed by atoms with Gasteiger partial charge in [0, 0.05) is 70.4 Å². The van der Waals surface area contributed by atoms with Gasteiger partial charge >= 0.3 is 0 Å². The van der Waals surface area contributed by atoms with Gasteiger partial charge in [0.25, 0.3) is 0 Å². The zero-order valence-corrected chi connectivity index (χ0v) is 14.6. The lowest BCUT2D eigenvalue weighted by atomic mass is 10.1. The molecule has 7 nitrogen and oxygen atoms in total. The second-order valence-electron chi connectivity index (χ2n) is 6.59. The Bertz CT molecular complexity index is 689. The number of nitrogens with one attached hydrogen (secondary N) is 1. The molecule has 130 valence electrons. The average molecular weight is 330 g/mol. The predicted octanol–water partition coefficient (Wildman–Crippen LogP) is 1.30. The summed E-state index contributed by atoms with van der Waals surface area (Å²) >= 11 is 0. The van der Waals surface area contributed by atoms with E-state index in [0.29, 0.717) is 18.9 Å². The first kappa shape index (κ1) is 16.7. The van der Waals surface area contributed by atoms with Crippen LogP contribution in [0.3, 0.4) is 0 Å². The van der Waals surface area contributed by atoms with Gasteiger partial charge in [-0.1, -0.05) is 13.8 Å². The summed E-state index contributed by atoms with van der Waals surface area (Å²) in [5.74, 6) is 2.49. The van der Waals surface area contributed by atoms with Gasteiger partial charge in [-0.3, -0.25) is 4.79 Å². The van der Waals surface area contributed by atoms with Gasteiger partial charge in [0.05, 0.1) is 0 Å². The lowest BCUT2D eigenvalue weighted by Gasteiger charge is -2.36. The maximum absolute atomic E-state index is 12.8. The molecule has 1 aliphatic rings. The fourth-order valence-corrected chi connectivity index (χ4v) is 3.30. The normalized spacial score (nSPS) is 18.3. The molecule has 1 fully saturated rings. The molecule has 1 aliphatic heterocycles. The van der Waals surface area contributed by atoms with Gasteiger partial charge in [-0.2, -0.15) is 0 Å². The van der Waals surface area contributed by atoms with Crippen molar-refractivity contribution in [2.75, 3.05) is 19.6 Å². The van der Waals surface area contributed by atoms with E-state index in [4.69, 9.17) is 0 Å². The molecule has 0 radical (unpaired) electrons. The van der Waals surface area contributed by atoms with E-state index in [-0.39, 0.29) is 11.9 Å². The maximum Gasteiger partial charge on any atom is 0.225 e. The number of carbonyl (C=O) groups is 1. The number of piperazine rings is 1. The topological polar surface area (TPSA) is 68.0 Å². The molecule has 7 heteroatoms. The number of amides is 1. The van der Waals surface area contributed by atoms with Crippen LogP contribution in [0.25, 0.3) is 0 Å². The maximum atomic E-state index is 12.8. The van der Waals surface area contributed by atoms with Crippen LogP contribution >= 0.6 is 0 Å². The van der Waals surface area contributed by atoms with Gasteiger partial charge in [0.2, 0.25) is 5.91 Å². The van der Waals surface area contributed by atoms with Crippen molar-refractivity contribution < 1.29 is 4.79 Å². The summed E-state index contributed by atoms with van der Waals surface area (Å²) in [6, 6.07) is -0.00129. The van der Waals surface area contributed by atoms with Crippen molar-refractivity contribution in [3.63, 3.8) is 0 Å². The number of nitrogens with zero attached hydrogens (tertiary/aromatic N) is 5. The lowest BCUT2D eigenvalue weighted by Crippen LogP contribution is -2.49. The van der Waals surface area contributed by atoms with Crippen molar-refractivity contribution >= 4 is 5.91 Å². The molecular formula is C17H26N6O. The molecule has 3 heterocycles. The minimum Gasteiger partial charge on any atom is -0.336 e. The summed E-state index contributed by atoms with van der Waals surface area (Å²) in [5, 5.41) is 3.37. The second kappa shape index (κ2) is 7.17. The van der Waals surface area contributed by atoms with E-state index < -0.39 is 0 Å². The Kier molecular flexibility index (Phi) is 4.99. The summed E-state index contributed by atoms with van der Waals surface area (Å²) < 4.78 is 4.07. The minimum atomic E-state index is -0.00129. The van der Waals surface area contributed by atoms with Crippen LogP contribution in [-0.2, 0) is 18.4 Å². The molecule has 1 N–H and O–H groups in total. The second-order valence-corrected chi connectivity index (χ2v) is 6.59. The van der Waals surface area contributed by atoms with E-state index in [9.17, 15) is 4.79 Å². The van der Waals surface area contributed by atoms with Crippen molar-refractivity contribution in [1.82, 2.24) is 29.3 Å². The molecule has 0 bridgehead atoms. The van der Waals surface area contributed by atoms with Gasteiger partial charge < -0.3 is 19.4 Å². The summed E-state index contributed by atoms with van der Waals surface area (Å²) in [6.45, 7) is 7.21. The first-order valence-electron chi connectivity index (χ1n) is 8.56. The molecule has 0 aromatic carbocycles. The third kappa shape index (κ3) is 3.36. The van der Waals surface area contributed by atoms with Crippen LogP contribution in [-0.4, -0.2) is 49.5 Å². The first-order valence-corrected chi connectivity index (χ1v) is 8.56. The Hall–Kier alpha value is -2.15. The monoisotopic (exact) mass is 330 g/mol. The van der Waals surface area contributed by atoms with Gasteiger partial charge in [0.15, 0.2) is 0 Å². The Morgan fingerprint density at radius 2 is 2.12 bits per heavy atom. The first-order chi connectivity index (χ1) is 11.6. The summed E-state index contributed by atoms with van der Waals surface area (Å²) in [5.41, 5.74) is 0. The van der Waals surface area contributed by atoms with Crippen LogP contribution in [0.2, 0.25) is 0 Å². The Balaban J connectivity index is 1.68. The molecule has 1 atom stereocenters. The largest absolute Gasteiger partial charge is 0.336 e. The SMILES string of the molecule is CC(C)c1nccn1CCC(=O)N1CCNCC1c1nccn1C. The van der Waals surface area contributed by atoms with E-state index in [1.165, 1.54) is 0 Å². The molecule has 0 spiro atoms. The average Bonchev–Trinajstić information content (AvgIpc) is 3.21. The third-order valence-electron chi connectivity index (χ3n) is 4.55. The van der Waals surface area contributed by atoms with Crippen LogP contribution < -0.4 is 5.32 Å².